The van der Waals surface area contributed by atoms with Gasteiger partial charge in [-0.2, -0.15) is 0 Å². The van der Waals surface area contributed by atoms with Gasteiger partial charge in [-0.05, 0) is 6.92 Å². The minimum Gasteiger partial charge on any atom is -0.367 e. The molecule has 0 saturated carbocycles. The fourth-order valence-electron chi connectivity index (χ4n) is 0.294. The predicted molar refractivity (Wildman–Crippen MR) is 30.5 cm³/mol. The maximum Gasteiger partial charge on any atom is 0.219 e. The van der Waals surface area contributed by atoms with Gasteiger partial charge in [-0.3, -0.25) is 9.59 Å². The molecule has 52 valence electrons. The van der Waals surface area contributed by atoms with E-state index in [9.17, 15) is 9.59 Å². The van der Waals surface area contributed by atoms with Crippen LogP contribution in [0.3, 0.4) is 0 Å². The third kappa shape index (κ3) is 3.66. The van der Waals surface area contributed by atoms with Crippen LogP contribution in [0, 0.1) is 0 Å². The molecule has 4 heteroatoms. The van der Waals surface area contributed by atoms with E-state index in [1.165, 1.54) is 13.8 Å². The zero-order valence-electron chi connectivity index (χ0n) is 5.34. The SMILES string of the molecule is CC(=O)NC(O)C(C)=O. The topological polar surface area (TPSA) is 66.4 Å². The molecule has 0 rings (SSSR count). The first-order valence-corrected chi connectivity index (χ1v) is 2.49. The molecule has 0 aromatic rings. The standard InChI is InChI=1S/C5H9NO3/c1-3(7)5(9)6-4(2)8/h5,9H,1-2H3,(H,6,8). The molecular weight excluding hydrogens is 122 g/mol. The second-order valence-electron chi connectivity index (χ2n) is 1.71. The molecule has 0 radical (unpaired) electrons. The molecule has 1 unspecified atom stereocenters. The molecule has 0 fully saturated rings. The van der Waals surface area contributed by atoms with Crippen molar-refractivity contribution in [1.29, 1.82) is 0 Å². The molecule has 1 amide bonds. The molecule has 0 heterocycles. The van der Waals surface area contributed by atoms with Crippen LogP contribution >= 0.6 is 0 Å². The highest BCUT2D eigenvalue weighted by Gasteiger charge is 2.08. The Balaban J connectivity index is 3.63. The molecule has 0 bridgehead atoms. The van der Waals surface area contributed by atoms with Crippen LogP contribution in [0.4, 0.5) is 0 Å². The van der Waals surface area contributed by atoms with E-state index in [-0.39, 0.29) is 0 Å². The third-order valence-electron chi connectivity index (χ3n) is 0.725. The summed E-state index contributed by atoms with van der Waals surface area (Å²) in [5.74, 6) is -0.886. The van der Waals surface area contributed by atoms with Gasteiger partial charge in [0.05, 0.1) is 0 Å². The fourth-order valence-corrected chi connectivity index (χ4v) is 0.294. The highest BCUT2D eigenvalue weighted by molar-refractivity contribution is 5.85. The van der Waals surface area contributed by atoms with E-state index in [1.807, 2.05) is 5.32 Å². The van der Waals surface area contributed by atoms with Crippen molar-refractivity contribution in [3.63, 3.8) is 0 Å². The molecule has 9 heavy (non-hydrogen) atoms. The molecule has 1 atom stereocenters. The molecule has 0 aliphatic carbocycles. The Kier molecular flexibility index (Phi) is 2.87. The Morgan fingerprint density at radius 3 is 2.00 bits per heavy atom. The lowest BCUT2D eigenvalue weighted by Crippen LogP contribution is -2.37. The van der Waals surface area contributed by atoms with Crippen molar-refractivity contribution in [3.05, 3.63) is 0 Å². The van der Waals surface area contributed by atoms with E-state index in [1.54, 1.807) is 0 Å². The van der Waals surface area contributed by atoms with Gasteiger partial charge in [0.1, 0.15) is 0 Å². The molecule has 0 aromatic carbocycles. The van der Waals surface area contributed by atoms with E-state index in [4.69, 9.17) is 5.11 Å². The number of carbonyl (C=O) groups excluding carboxylic acids is 2. The Morgan fingerprint density at radius 2 is 1.89 bits per heavy atom. The van der Waals surface area contributed by atoms with Gasteiger partial charge < -0.3 is 10.4 Å². The number of hydrogen-bond donors (Lipinski definition) is 2. The normalized spacial score (nSPS) is 12.3. The molecule has 0 saturated heterocycles. The number of aliphatic hydroxyl groups excluding tert-OH is 1. The number of nitrogens with one attached hydrogen (secondary N) is 1. The van der Waals surface area contributed by atoms with Crippen LogP contribution < -0.4 is 5.32 Å². The number of ketones is 1. The summed E-state index contributed by atoms with van der Waals surface area (Å²) in [7, 11) is 0. The summed E-state index contributed by atoms with van der Waals surface area (Å²) in [4.78, 5) is 20.3. The number of amides is 1. The minimum atomic E-state index is -1.34. The summed E-state index contributed by atoms with van der Waals surface area (Å²) >= 11 is 0. The molecule has 0 aliphatic rings. The van der Waals surface area contributed by atoms with Gasteiger partial charge in [0.25, 0.3) is 0 Å². The zero-order valence-corrected chi connectivity index (χ0v) is 5.34. The van der Waals surface area contributed by atoms with Gasteiger partial charge in [-0.15, -0.1) is 0 Å². The number of rotatable bonds is 2. The molecule has 0 spiro atoms. The van der Waals surface area contributed by atoms with Crippen molar-refractivity contribution >= 4 is 11.7 Å². The van der Waals surface area contributed by atoms with Crippen molar-refractivity contribution in [1.82, 2.24) is 5.32 Å². The summed E-state index contributed by atoms with van der Waals surface area (Å²) in [5, 5.41) is 10.6. The van der Waals surface area contributed by atoms with Crippen molar-refractivity contribution in [2.24, 2.45) is 0 Å². The maximum absolute atomic E-state index is 10.2. The lowest BCUT2D eigenvalue weighted by molar-refractivity contribution is -0.132. The van der Waals surface area contributed by atoms with Crippen LogP contribution in [0.5, 0.6) is 0 Å². The molecular formula is C5H9NO3. The average molecular weight is 131 g/mol. The van der Waals surface area contributed by atoms with Gasteiger partial charge in [-0.1, -0.05) is 0 Å². The largest absolute Gasteiger partial charge is 0.367 e. The monoisotopic (exact) mass is 131 g/mol. The van der Waals surface area contributed by atoms with Crippen molar-refractivity contribution in [2.45, 2.75) is 20.1 Å². The molecule has 0 aromatic heterocycles. The second-order valence-corrected chi connectivity index (χ2v) is 1.71. The lowest BCUT2D eigenvalue weighted by Gasteiger charge is -2.05. The molecule has 2 N–H and O–H groups in total. The first-order valence-electron chi connectivity index (χ1n) is 2.49. The van der Waals surface area contributed by atoms with Crippen LogP contribution in [0.1, 0.15) is 13.8 Å². The summed E-state index contributed by atoms with van der Waals surface area (Å²) < 4.78 is 0. The van der Waals surface area contributed by atoms with Crippen LogP contribution in [0.2, 0.25) is 0 Å². The summed E-state index contributed by atoms with van der Waals surface area (Å²) in [6.45, 7) is 2.42. The van der Waals surface area contributed by atoms with Crippen molar-refractivity contribution in [3.8, 4) is 0 Å². The Labute approximate surface area is 52.9 Å². The Bertz CT molecular complexity index is 132. The first-order chi connectivity index (χ1) is 4.04. The van der Waals surface area contributed by atoms with Crippen LogP contribution in [0.15, 0.2) is 0 Å². The van der Waals surface area contributed by atoms with Crippen molar-refractivity contribution in [2.75, 3.05) is 0 Å². The highest BCUT2D eigenvalue weighted by atomic mass is 16.3. The maximum atomic E-state index is 10.2. The first kappa shape index (κ1) is 8.10. The van der Waals surface area contributed by atoms with Crippen molar-refractivity contribution < 1.29 is 14.7 Å². The number of hydrogen-bond acceptors (Lipinski definition) is 3. The smallest absolute Gasteiger partial charge is 0.219 e. The fraction of sp³-hybridized carbons (Fsp3) is 0.600. The van der Waals surface area contributed by atoms with Gasteiger partial charge in [0, 0.05) is 6.92 Å². The summed E-state index contributed by atoms with van der Waals surface area (Å²) in [5.41, 5.74) is 0. The van der Waals surface area contributed by atoms with E-state index in [0.29, 0.717) is 0 Å². The van der Waals surface area contributed by atoms with Crippen LogP contribution in [0.25, 0.3) is 0 Å². The van der Waals surface area contributed by atoms with Crippen LogP contribution in [-0.4, -0.2) is 23.0 Å². The quantitative estimate of drug-likeness (QED) is 0.474. The highest BCUT2D eigenvalue weighted by Crippen LogP contribution is 1.77. The van der Waals surface area contributed by atoms with E-state index in [2.05, 4.69) is 0 Å². The molecule has 4 nitrogen and oxygen atoms in total. The predicted octanol–water partition coefficient (Wildman–Crippen LogP) is -0.970. The van der Waals surface area contributed by atoms with Gasteiger partial charge in [-0.25, -0.2) is 0 Å². The average Bonchev–Trinajstić information content (AvgIpc) is 1.63. The molecule has 0 aliphatic heterocycles. The van der Waals surface area contributed by atoms with Crippen LogP contribution in [-0.2, 0) is 9.59 Å². The Morgan fingerprint density at radius 1 is 1.44 bits per heavy atom. The zero-order chi connectivity index (χ0) is 7.44. The number of carbonyl (C=O) groups is 2. The Hall–Kier alpha value is -0.900. The van der Waals surface area contributed by atoms with Gasteiger partial charge in [0.15, 0.2) is 12.0 Å². The van der Waals surface area contributed by atoms with Gasteiger partial charge >= 0.3 is 0 Å². The lowest BCUT2D eigenvalue weighted by atomic mass is 10.4. The third-order valence-corrected chi connectivity index (χ3v) is 0.725. The van der Waals surface area contributed by atoms with Gasteiger partial charge in [0.2, 0.25) is 5.91 Å². The number of aliphatic hydroxyl groups is 1. The summed E-state index contributed by atoms with van der Waals surface area (Å²) in [6.07, 6.45) is -1.34. The van der Waals surface area contributed by atoms with E-state index in [0.717, 1.165) is 0 Å². The minimum absolute atomic E-state index is 0.419. The number of Topliss-reactive ketones (excluding diaryl/α,β-unsaturated/α-hetero) is 1. The summed E-state index contributed by atoms with van der Waals surface area (Å²) in [6, 6.07) is 0. The van der Waals surface area contributed by atoms with E-state index < -0.39 is 17.9 Å². The van der Waals surface area contributed by atoms with E-state index >= 15 is 0 Å². The second kappa shape index (κ2) is 3.19.